The average Bonchev–Trinajstić information content (AvgIpc) is 3.16. The van der Waals surface area contributed by atoms with Gasteiger partial charge >= 0.3 is 12.3 Å². The number of rotatable bonds is 4. The molecule has 4 rings (SSSR count). The van der Waals surface area contributed by atoms with Crippen molar-refractivity contribution in [3.05, 3.63) is 18.7 Å². The number of nitrogens with zero attached hydrogens (tertiary/aromatic N) is 7. The molecule has 0 atom stereocenters. The Labute approximate surface area is 188 Å². The Kier molecular flexibility index (Phi) is 7.50. The fraction of sp³-hybridized carbons (Fsp3) is 0.421. The van der Waals surface area contributed by atoms with Gasteiger partial charge in [-0.2, -0.15) is 0 Å². The minimum absolute atomic E-state index is 0.230. The third kappa shape index (κ3) is 6.22. The molecule has 0 spiro atoms. The van der Waals surface area contributed by atoms with Crippen molar-refractivity contribution in [2.75, 3.05) is 36.9 Å². The topological polar surface area (TPSA) is 192 Å². The van der Waals surface area contributed by atoms with Crippen LogP contribution >= 0.6 is 0 Å². The second-order valence-corrected chi connectivity index (χ2v) is 7.40. The summed E-state index contributed by atoms with van der Waals surface area (Å²) in [4.78, 5) is 42.9. The molecule has 176 valence electrons. The number of nitrogen functional groups attached to an aromatic ring is 1. The number of imidazole rings is 1. The van der Waals surface area contributed by atoms with E-state index in [1.165, 1.54) is 0 Å². The van der Waals surface area contributed by atoms with E-state index in [2.05, 4.69) is 43.0 Å². The SMILES string of the molecule is CC(C)Cn1cnc2c(N3CCOCC3)nc(-c3cnc(N)nc3)nc21.O=C(O)OC(=O)O. The number of nitrogens with two attached hydrogens (primary N) is 1. The molecule has 0 bridgehead atoms. The third-order valence-corrected chi connectivity index (χ3v) is 4.42. The summed E-state index contributed by atoms with van der Waals surface area (Å²) in [6.45, 7) is 8.10. The second-order valence-electron chi connectivity index (χ2n) is 7.40. The lowest BCUT2D eigenvalue weighted by Crippen LogP contribution is -2.37. The first-order chi connectivity index (χ1) is 15.7. The fourth-order valence-electron chi connectivity index (χ4n) is 3.11. The molecule has 4 heterocycles. The van der Waals surface area contributed by atoms with Gasteiger partial charge in [-0.05, 0) is 5.92 Å². The minimum Gasteiger partial charge on any atom is -0.449 e. The molecule has 0 amide bonds. The highest BCUT2D eigenvalue weighted by Gasteiger charge is 2.21. The van der Waals surface area contributed by atoms with Gasteiger partial charge in [0.15, 0.2) is 22.8 Å². The zero-order chi connectivity index (χ0) is 24.0. The first-order valence-electron chi connectivity index (χ1n) is 10.0. The lowest BCUT2D eigenvalue weighted by Gasteiger charge is -2.28. The molecule has 0 aromatic carbocycles. The van der Waals surface area contributed by atoms with Crippen LogP contribution in [0, 0.1) is 5.92 Å². The molecule has 3 aromatic heterocycles. The van der Waals surface area contributed by atoms with Crippen molar-refractivity contribution in [2.24, 2.45) is 5.92 Å². The number of morpholine rings is 1. The Bertz CT molecular complexity index is 1100. The average molecular weight is 460 g/mol. The van der Waals surface area contributed by atoms with Crippen molar-refractivity contribution in [1.82, 2.24) is 29.5 Å². The second kappa shape index (κ2) is 10.5. The van der Waals surface area contributed by atoms with Gasteiger partial charge in [0.2, 0.25) is 5.95 Å². The molecule has 0 radical (unpaired) electrons. The van der Waals surface area contributed by atoms with Gasteiger partial charge in [0.25, 0.3) is 0 Å². The maximum Gasteiger partial charge on any atom is 0.516 e. The normalized spacial score (nSPS) is 13.5. The van der Waals surface area contributed by atoms with Crippen molar-refractivity contribution in [2.45, 2.75) is 20.4 Å². The maximum atomic E-state index is 9.21. The molecule has 14 heteroatoms. The lowest BCUT2D eigenvalue weighted by atomic mass is 10.2. The van der Waals surface area contributed by atoms with Crippen molar-refractivity contribution in [1.29, 1.82) is 0 Å². The lowest BCUT2D eigenvalue weighted by molar-refractivity contribution is 0.0802. The Morgan fingerprint density at radius 2 is 1.76 bits per heavy atom. The summed E-state index contributed by atoms with van der Waals surface area (Å²) >= 11 is 0. The summed E-state index contributed by atoms with van der Waals surface area (Å²) in [5, 5.41) is 15.0. The first kappa shape index (κ1) is 23.6. The summed E-state index contributed by atoms with van der Waals surface area (Å²) < 4.78 is 10.6. The molecule has 1 fully saturated rings. The predicted octanol–water partition coefficient (Wildman–Crippen LogP) is 1.72. The van der Waals surface area contributed by atoms with Crippen molar-refractivity contribution in [3.63, 3.8) is 0 Å². The van der Waals surface area contributed by atoms with Crippen LogP contribution in [0.25, 0.3) is 22.6 Å². The summed E-state index contributed by atoms with van der Waals surface area (Å²) in [5.74, 6) is 2.11. The number of carboxylic acid groups (broad SMARTS) is 2. The van der Waals surface area contributed by atoms with E-state index < -0.39 is 12.3 Å². The Hall–Kier alpha value is -4.07. The maximum absolute atomic E-state index is 9.21. The first-order valence-corrected chi connectivity index (χ1v) is 10.0. The highest BCUT2D eigenvalue weighted by Crippen LogP contribution is 2.27. The van der Waals surface area contributed by atoms with Crippen molar-refractivity contribution < 1.29 is 29.3 Å². The number of anilines is 2. The zero-order valence-electron chi connectivity index (χ0n) is 18.1. The molecule has 1 aliphatic rings. The summed E-state index contributed by atoms with van der Waals surface area (Å²) in [7, 11) is 0. The van der Waals surface area contributed by atoms with E-state index in [0.717, 1.165) is 42.2 Å². The third-order valence-electron chi connectivity index (χ3n) is 4.42. The number of carbonyl (C=O) groups is 2. The molecule has 1 saturated heterocycles. The van der Waals surface area contributed by atoms with Crippen molar-refractivity contribution in [3.8, 4) is 11.4 Å². The standard InChI is InChI=1S/C17H22N8O.C2H2O5/c1-11(2)9-25-10-21-13-15(24-3-5-26-6-4-24)22-14(23-16(13)25)12-7-19-17(18)20-8-12;3-1(4)7-2(5)6/h7-8,10-11H,3-6,9H2,1-2H3,(H2,18,19,20);(H,3,4)(H,5,6). The largest absolute Gasteiger partial charge is 0.516 e. The van der Waals surface area contributed by atoms with Gasteiger partial charge < -0.3 is 34.9 Å². The van der Waals surface area contributed by atoms with E-state index >= 15 is 0 Å². The fourth-order valence-corrected chi connectivity index (χ4v) is 3.11. The Morgan fingerprint density at radius 1 is 1.12 bits per heavy atom. The predicted molar refractivity (Wildman–Crippen MR) is 116 cm³/mol. The van der Waals surface area contributed by atoms with Crippen LogP contribution in [0.2, 0.25) is 0 Å². The monoisotopic (exact) mass is 460 g/mol. The van der Waals surface area contributed by atoms with Gasteiger partial charge in [0.05, 0.1) is 25.1 Å². The minimum atomic E-state index is -1.81. The molecule has 1 aliphatic heterocycles. The van der Waals surface area contributed by atoms with Crippen LogP contribution in [0.15, 0.2) is 18.7 Å². The van der Waals surface area contributed by atoms with Crippen LogP contribution in [0.4, 0.5) is 21.4 Å². The van der Waals surface area contributed by atoms with Crippen LogP contribution in [0.1, 0.15) is 13.8 Å². The number of hydrogen-bond acceptors (Lipinski definition) is 11. The van der Waals surface area contributed by atoms with Gasteiger partial charge in [-0.1, -0.05) is 13.8 Å². The van der Waals surface area contributed by atoms with E-state index in [1.807, 2.05) is 6.33 Å². The molecule has 33 heavy (non-hydrogen) atoms. The zero-order valence-corrected chi connectivity index (χ0v) is 18.1. The summed E-state index contributed by atoms with van der Waals surface area (Å²) in [6, 6.07) is 0. The number of aromatic nitrogens is 6. The van der Waals surface area contributed by atoms with Crippen LogP contribution in [-0.4, -0.2) is 78.3 Å². The Morgan fingerprint density at radius 3 is 2.30 bits per heavy atom. The van der Waals surface area contributed by atoms with Crippen LogP contribution in [0.3, 0.4) is 0 Å². The molecule has 3 aromatic rings. The molecular formula is C19H24N8O6. The summed E-state index contributed by atoms with van der Waals surface area (Å²) in [5.41, 5.74) is 7.97. The van der Waals surface area contributed by atoms with E-state index in [-0.39, 0.29) is 5.95 Å². The van der Waals surface area contributed by atoms with Crippen molar-refractivity contribution >= 4 is 35.2 Å². The highest BCUT2D eigenvalue weighted by atomic mass is 16.7. The van der Waals surface area contributed by atoms with Crippen LogP contribution in [-0.2, 0) is 16.0 Å². The van der Waals surface area contributed by atoms with Gasteiger partial charge in [-0.25, -0.2) is 34.5 Å². The Balaban J connectivity index is 0.000000383. The van der Waals surface area contributed by atoms with Gasteiger partial charge in [-0.15, -0.1) is 0 Å². The van der Waals surface area contributed by atoms with E-state index in [9.17, 15) is 9.59 Å². The number of fused-ring (bicyclic) bond motifs is 1. The molecule has 0 aliphatic carbocycles. The van der Waals surface area contributed by atoms with Crippen LogP contribution < -0.4 is 10.6 Å². The van der Waals surface area contributed by atoms with E-state index in [0.29, 0.717) is 25.0 Å². The molecule has 0 unspecified atom stereocenters. The quantitative estimate of drug-likeness (QED) is 0.377. The number of ether oxygens (including phenoxy) is 2. The number of hydrogen-bond donors (Lipinski definition) is 3. The molecule has 4 N–H and O–H groups in total. The van der Waals surface area contributed by atoms with Gasteiger partial charge in [0.1, 0.15) is 0 Å². The molecule has 14 nitrogen and oxygen atoms in total. The van der Waals surface area contributed by atoms with Gasteiger partial charge in [0, 0.05) is 32.0 Å². The highest BCUT2D eigenvalue weighted by molar-refractivity contribution is 5.85. The van der Waals surface area contributed by atoms with Crippen LogP contribution in [0.5, 0.6) is 0 Å². The van der Waals surface area contributed by atoms with E-state index in [4.69, 9.17) is 30.7 Å². The van der Waals surface area contributed by atoms with E-state index in [1.54, 1.807) is 12.4 Å². The molecule has 0 saturated carbocycles. The van der Waals surface area contributed by atoms with Gasteiger partial charge in [-0.3, -0.25) is 0 Å². The smallest absolute Gasteiger partial charge is 0.449 e. The molecular weight excluding hydrogens is 436 g/mol. The summed E-state index contributed by atoms with van der Waals surface area (Å²) in [6.07, 6.45) is 1.51.